The zero-order chi connectivity index (χ0) is 4.71. The summed E-state index contributed by atoms with van der Waals surface area (Å²) >= 11 is 0. The fourth-order valence-electron chi connectivity index (χ4n) is 0. The minimum atomic E-state index is -0.750. The van der Waals surface area contributed by atoms with Crippen LogP contribution in [0.15, 0.2) is 0 Å². The van der Waals surface area contributed by atoms with Gasteiger partial charge in [0.1, 0.15) is 13.6 Å². The first-order chi connectivity index (χ1) is 2.41. The molecule has 0 saturated heterocycles. The largest absolute Gasteiger partial charge is 0.412 e. The Morgan fingerprint density at radius 1 is 1.33 bits per heavy atom. The van der Waals surface area contributed by atoms with Crippen LogP contribution in [-0.2, 0) is 4.79 Å². The van der Waals surface area contributed by atoms with E-state index in [9.17, 15) is 0 Å². The van der Waals surface area contributed by atoms with Crippen molar-refractivity contribution >= 4 is 6.79 Å². The summed E-state index contributed by atoms with van der Waals surface area (Å²) in [4.78, 5) is 8.00. The number of aliphatic hydroxyl groups excluding tert-OH is 1. The number of carbonyl (C=O) groups excluding carboxylic acids is 1. The van der Waals surface area contributed by atoms with Crippen molar-refractivity contribution in [3.8, 4) is 0 Å². The van der Waals surface area contributed by atoms with Gasteiger partial charge in [-0.2, -0.15) is 0 Å². The van der Waals surface area contributed by atoms with Gasteiger partial charge in [0.25, 0.3) is 0 Å². The highest BCUT2D eigenvalue weighted by Crippen LogP contribution is 1.17. The van der Waals surface area contributed by atoms with Crippen LogP contribution in [0.3, 0.4) is 0 Å². The molecule has 0 amide bonds. The Bertz CT molecular complexity index is 9.51. The molecule has 0 spiro atoms. The topological polar surface area (TPSA) is 89.0 Å². The molecule has 4 heteroatoms. The first kappa shape index (κ1) is 17.7. The zero-order valence-corrected chi connectivity index (χ0v) is 3.22. The Balaban J connectivity index is -0.0000000275. The van der Waals surface area contributed by atoms with E-state index in [1.165, 1.54) is 0 Å². The van der Waals surface area contributed by atoms with Crippen molar-refractivity contribution in [1.82, 2.24) is 0 Å². The minimum absolute atomic E-state index is 0. The maximum atomic E-state index is 8.00. The second-order valence-corrected chi connectivity index (χ2v) is 0.141. The lowest BCUT2D eigenvalue weighted by Crippen LogP contribution is -1.66. The first-order valence-corrected chi connectivity index (χ1v) is 0.921. The Morgan fingerprint density at radius 2 is 1.33 bits per heavy atom. The predicted molar refractivity (Wildman–Crippen MR) is 20.0 cm³/mol. The van der Waals surface area contributed by atoms with Crippen LogP contribution in [0.2, 0.25) is 0 Å². The molecular weight excluding hydrogens is 88.0 g/mol. The number of carbonyl (C=O) groups is 1. The Labute approximate surface area is 35.3 Å². The molecule has 0 aromatic heterocycles. The lowest BCUT2D eigenvalue weighted by molar-refractivity contribution is -0.0979. The predicted octanol–water partition coefficient (Wildman–Crippen LogP) is -2.08. The number of aliphatic hydroxyl groups is 2. The van der Waals surface area contributed by atoms with Crippen molar-refractivity contribution in [3.63, 3.8) is 0 Å². The van der Waals surface area contributed by atoms with Crippen LogP contribution >= 0.6 is 0 Å². The molecule has 40 valence electrons. The van der Waals surface area contributed by atoms with Crippen molar-refractivity contribution in [3.05, 3.63) is 0 Å². The molecule has 0 saturated carbocycles. The van der Waals surface area contributed by atoms with E-state index in [1.807, 2.05) is 6.79 Å². The second-order valence-electron chi connectivity index (χ2n) is 0.141. The summed E-state index contributed by atoms with van der Waals surface area (Å²) in [6, 6.07) is 0. The fraction of sp³-hybridized carbons (Fsp3) is 0.500. The monoisotopic (exact) mass is 96.0 g/mol. The molecule has 0 fully saturated rings. The van der Waals surface area contributed by atoms with Gasteiger partial charge >= 0.3 is 0 Å². The van der Waals surface area contributed by atoms with Crippen molar-refractivity contribution in [2.24, 2.45) is 0 Å². The van der Waals surface area contributed by atoms with Crippen molar-refractivity contribution in [2.45, 2.75) is 0 Å². The highest BCUT2D eigenvalue weighted by atomic mass is 16.5. The zero-order valence-electron chi connectivity index (χ0n) is 3.22. The fourth-order valence-corrected chi connectivity index (χ4v) is 0. The molecule has 0 aromatic carbocycles. The number of hydrogen-bond donors (Lipinski definition) is 2. The van der Waals surface area contributed by atoms with E-state index in [0.717, 1.165) is 0 Å². The molecule has 0 bridgehead atoms. The van der Waals surface area contributed by atoms with Crippen LogP contribution in [0.5, 0.6) is 0 Å². The van der Waals surface area contributed by atoms with Gasteiger partial charge in [0, 0.05) is 0 Å². The van der Waals surface area contributed by atoms with Crippen LogP contribution in [0, 0.1) is 0 Å². The highest BCUT2D eigenvalue weighted by Gasteiger charge is 1.32. The van der Waals surface area contributed by atoms with E-state index in [2.05, 4.69) is 0 Å². The van der Waals surface area contributed by atoms with E-state index < -0.39 is 6.79 Å². The number of hydrogen-bond acceptors (Lipinski definition) is 3. The maximum Gasteiger partial charge on any atom is 0.140 e. The van der Waals surface area contributed by atoms with Gasteiger partial charge in [-0.3, -0.25) is 0 Å². The third kappa shape index (κ3) is 114. The average Bonchev–Trinajstić information content (AvgIpc) is 1.46. The van der Waals surface area contributed by atoms with Gasteiger partial charge in [-0.25, -0.2) is 0 Å². The van der Waals surface area contributed by atoms with Gasteiger partial charge in [-0.1, -0.05) is 0 Å². The normalized spacial score (nSPS) is 3.67. The summed E-state index contributed by atoms with van der Waals surface area (Å²) in [7, 11) is 0. The summed E-state index contributed by atoms with van der Waals surface area (Å²) in [5.74, 6) is 0. The molecule has 0 aliphatic rings. The third-order valence-corrected chi connectivity index (χ3v) is 0. The molecule has 0 aliphatic carbocycles. The van der Waals surface area contributed by atoms with E-state index in [4.69, 9.17) is 15.0 Å². The molecule has 0 rings (SSSR count). The summed E-state index contributed by atoms with van der Waals surface area (Å²) in [6.45, 7) is 1.25. The maximum absolute atomic E-state index is 8.00. The Morgan fingerprint density at radius 3 is 1.33 bits per heavy atom. The van der Waals surface area contributed by atoms with Gasteiger partial charge in [-0.05, 0) is 0 Å². The van der Waals surface area contributed by atoms with Crippen molar-refractivity contribution in [1.29, 1.82) is 0 Å². The van der Waals surface area contributed by atoms with E-state index in [0.29, 0.717) is 0 Å². The first-order valence-electron chi connectivity index (χ1n) is 0.921. The van der Waals surface area contributed by atoms with Gasteiger partial charge in [0.2, 0.25) is 0 Å². The molecule has 4 N–H and O–H groups in total. The smallest absolute Gasteiger partial charge is 0.140 e. The van der Waals surface area contributed by atoms with Crippen molar-refractivity contribution < 1.29 is 20.5 Å². The van der Waals surface area contributed by atoms with E-state index >= 15 is 0 Å². The quantitative estimate of drug-likeness (QED) is 0.339. The summed E-state index contributed by atoms with van der Waals surface area (Å²) in [6.07, 6.45) is 0. The minimum Gasteiger partial charge on any atom is -0.412 e. The van der Waals surface area contributed by atoms with Crippen LogP contribution in [0.1, 0.15) is 0 Å². The molecule has 0 heterocycles. The molecule has 0 unspecified atom stereocenters. The summed E-state index contributed by atoms with van der Waals surface area (Å²) < 4.78 is 0. The number of rotatable bonds is 0. The molecule has 0 radical (unpaired) electrons. The highest BCUT2D eigenvalue weighted by molar-refractivity contribution is 5.10. The average molecular weight is 96.1 g/mol. The van der Waals surface area contributed by atoms with Gasteiger partial charge in [0.15, 0.2) is 0 Å². The van der Waals surface area contributed by atoms with E-state index in [-0.39, 0.29) is 5.48 Å². The molecule has 0 atom stereocenters. The van der Waals surface area contributed by atoms with Crippen LogP contribution in [0.4, 0.5) is 0 Å². The molecule has 4 nitrogen and oxygen atoms in total. The molecule has 0 aromatic rings. The lowest BCUT2D eigenvalue weighted by atomic mass is 11.6. The molecule has 0 aliphatic heterocycles. The Kier molecular flexibility index (Phi) is 558. The van der Waals surface area contributed by atoms with Gasteiger partial charge < -0.3 is 20.5 Å². The van der Waals surface area contributed by atoms with Gasteiger partial charge in [-0.15, -0.1) is 0 Å². The van der Waals surface area contributed by atoms with E-state index in [1.54, 1.807) is 0 Å². The van der Waals surface area contributed by atoms with Crippen LogP contribution in [0.25, 0.3) is 0 Å². The standard InChI is InChI=1S/CH4O2.CH2O.H2O/c2-1-3;1-2;/h2-3H,1H2;1H2;1H2. The lowest BCUT2D eigenvalue weighted by Gasteiger charge is -1.55. The second kappa shape index (κ2) is 190. The summed E-state index contributed by atoms with van der Waals surface area (Å²) in [5.41, 5.74) is 0. The SMILES string of the molecule is C=O.O.OCO. The molecule has 6 heavy (non-hydrogen) atoms. The Hall–Kier alpha value is -0.450. The third-order valence-electron chi connectivity index (χ3n) is 0. The van der Waals surface area contributed by atoms with Crippen molar-refractivity contribution in [2.75, 3.05) is 6.79 Å². The van der Waals surface area contributed by atoms with Crippen LogP contribution < -0.4 is 0 Å². The molecular formula is C2H8O4. The van der Waals surface area contributed by atoms with Gasteiger partial charge in [0.05, 0.1) is 0 Å². The summed E-state index contributed by atoms with van der Waals surface area (Å²) in [5, 5.41) is 14.2. The van der Waals surface area contributed by atoms with Crippen LogP contribution in [-0.4, -0.2) is 29.3 Å².